The van der Waals surface area contributed by atoms with E-state index in [-0.39, 0.29) is 0 Å². The lowest BCUT2D eigenvalue weighted by Crippen LogP contribution is -2.17. The summed E-state index contributed by atoms with van der Waals surface area (Å²) >= 11 is 3.45. The largest absolute Gasteiger partial charge is 0.325 e. The van der Waals surface area contributed by atoms with Crippen molar-refractivity contribution in [2.45, 2.75) is 13.0 Å². The Balaban J connectivity index is 2.24. The SMILES string of the molecule is Brc1cnc2nc3n(c2c1)CCNCC3. The van der Waals surface area contributed by atoms with Gasteiger partial charge in [-0.05, 0) is 22.0 Å². The molecule has 0 saturated carbocycles. The maximum Gasteiger partial charge on any atom is 0.177 e. The van der Waals surface area contributed by atoms with E-state index in [1.54, 1.807) is 6.20 Å². The molecule has 0 saturated heterocycles. The van der Waals surface area contributed by atoms with E-state index in [2.05, 4.69) is 41.8 Å². The average Bonchev–Trinajstić information content (AvgIpc) is 2.44. The van der Waals surface area contributed by atoms with E-state index in [0.29, 0.717) is 0 Å². The Hall–Kier alpha value is -0.940. The average molecular weight is 267 g/mol. The Bertz CT molecular complexity index is 505. The number of aromatic nitrogens is 3. The fraction of sp³-hybridized carbons (Fsp3) is 0.400. The van der Waals surface area contributed by atoms with Crippen molar-refractivity contribution >= 4 is 27.1 Å². The molecular formula is C10H11BrN4. The lowest BCUT2D eigenvalue weighted by molar-refractivity contribution is 0.657. The van der Waals surface area contributed by atoms with Gasteiger partial charge in [0.05, 0.1) is 5.52 Å². The normalized spacial score (nSPS) is 16.3. The standard InChI is InChI=1S/C10H11BrN4/c11-7-5-8-10(13-6-7)14-9-1-2-12-3-4-15(8)9/h5-6,12H,1-4H2. The first-order valence-corrected chi connectivity index (χ1v) is 5.85. The van der Waals surface area contributed by atoms with Crippen LogP contribution < -0.4 is 5.32 Å². The highest BCUT2D eigenvalue weighted by molar-refractivity contribution is 9.10. The van der Waals surface area contributed by atoms with Crippen LogP contribution in [0.25, 0.3) is 11.2 Å². The first-order valence-electron chi connectivity index (χ1n) is 5.06. The summed E-state index contributed by atoms with van der Waals surface area (Å²) in [5.74, 6) is 1.14. The molecule has 0 aliphatic carbocycles. The van der Waals surface area contributed by atoms with Crippen molar-refractivity contribution in [3.05, 3.63) is 22.6 Å². The number of imidazole rings is 1. The number of rotatable bonds is 0. The first kappa shape index (κ1) is 9.30. The number of nitrogens with zero attached hydrogens (tertiary/aromatic N) is 3. The zero-order chi connectivity index (χ0) is 10.3. The number of fused-ring (bicyclic) bond motifs is 3. The number of hydrogen-bond acceptors (Lipinski definition) is 3. The first-order chi connectivity index (χ1) is 7.34. The molecule has 5 heteroatoms. The second-order valence-electron chi connectivity index (χ2n) is 3.68. The van der Waals surface area contributed by atoms with E-state index in [0.717, 1.165) is 47.5 Å². The third-order valence-electron chi connectivity index (χ3n) is 2.69. The van der Waals surface area contributed by atoms with Gasteiger partial charge in [-0.2, -0.15) is 0 Å². The van der Waals surface area contributed by atoms with Crippen LogP contribution in [0.1, 0.15) is 5.82 Å². The van der Waals surface area contributed by atoms with Crippen LogP contribution in [-0.4, -0.2) is 27.6 Å². The molecule has 0 atom stereocenters. The highest BCUT2D eigenvalue weighted by Crippen LogP contribution is 2.19. The molecule has 0 aromatic carbocycles. The van der Waals surface area contributed by atoms with Gasteiger partial charge in [-0.1, -0.05) is 0 Å². The Labute approximate surface area is 95.8 Å². The summed E-state index contributed by atoms with van der Waals surface area (Å²) in [6, 6.07) is 2.09. The minimum Gasteiger partial charge on any atom is -0.325 e. The van der Waals surface area contributed by atoms with Gasteiger partial charge in [-0.3, -0.25) is 0 Å². The maximum atomic E-state index is 4.55. The van der Waals surface area contributed by atoms with E-state index in [4.69, 9.17) is 0 Å². The van der Waals surface area contributed by atoms with Gasteiger partial charge in [-0.15, -0.1) is 0 Å². The molecule has 78 valence electrons. The van der Waals surface area contributed by atoms with Crippen LogP contribution in [0.3, 0.4) is 0 Å². The van der Waals surface area contributed by atoms with Gasteiger partial charge in [0.2, 0.25) is 0 Å². The van der Waals surface area contributed by atoms with Crippen molar-refractivity contribution in [3.63, 3.8) is 0 Å². The van der Waals surface area contributed by atoms with Gasteiger partial charge >= 0.3 is 0 Å². The van der Waals surface area contributed by atoms with Crippen molar-refractivity contribution < 1.29 is 0 Å². The van der Waals surface area contributed by atoms with Gasteiger partial charge in [-0.25, -0.2) is 9.97 Å². The highest BCUT2D eigenvalue weighted by Gasteiger charge is 2.13. The zero-order valence-corrected chi connectivity index (χ0v) is 9.79. The van der Waals surface area contributed by atoms with Crippen LogP contribution in [0, 0.1) is 0 Å². The van der Waals surface area contributed by atoms with Gasteiger partial charge in [0.15, 0.2) is 5.65 Å². The third-order valence-corrected chi connectivity index (χ3v) is 3.12. The van der Waals surface area contributed by atoms with E-state index >= 15 is 0 Å². The van der Waals surface area contributed by atoms with Crippen molar-refractivity contribution in [1.29, 1.82) is 0 Å². The van der Waals surface area contributed by atoms with Crippen LogP contribution in [0.2, 0.25) is 0 Å². The summed E-state index contributed by atoms with van der Waals surface area (Å²) in [4.78, 5) is 8.86. The van der Waals surface area contributed by atoms with Crippen molar-refractivity contribution in [3.8, 4) is 0 Å². The Morgan fingerprint density at radius 3 is 3.27 bits per heavy atom. The smallest absolute Gasteiger partial charge is 0.177 e. The Morgan fingerprint density at radius 1 is 1.40 bits per heavy atom. The second-order valence-corrected chi connectivity index (χ2v) is 4.59. The summed E-state index contributed by atoms with van der Waals surface area (Å²) in [6.07, 6.45) is 2.78. The summed E-state index contributed by atoms with van der Waals surface area (Å²) in [5, 5.41) is 3.37. The molecule has 2 aromatic heterocycles. The molecule has 3 rings (SSSR count). The maximum absolute atomic E-state index is 4.55. The van der Waals surface area contributed by atoms with Gasteiger partial charge < -0.3 is 9.88 Å². The second kappa shape index (κ2) is 3.57. The molecule has 1 aliphatic rings. The van der Waals surface area contributed by atoms with Crippen LogP contribution in [0.4, 0.5) is 0 Å². The molecule has 4 nitrogen and oxygen atoms in total. The molecule has 1 aliphatic heterocycles. The molecule has 0 radical (unpaired) electrons. The fourth-order valence-electron chi connectivity index (χ4n) is 1.98. The predicted octanol–water partition coefficient (Wildman–Crippen LogP) is 1.34. The lowest BCUT2D eigenvalue weighted by Gasteiger charge is -2.03. The summed E-state index contributed by atoms with van der Waals surface area (Å²) < 4.78 is 3.27. The zero-order valence-electron chi connectivity index (χ0n) is 8.20. The van der Waals surface area contributed by atoms with Crippen molar-refractivity contribution in [1.82, 2.24) is 19.9 Å². The molecule has 0 amide bonds. The van der Waals surface area contributed by atoms with Crippen LogP contribution >= 0.6 is 15.9 Å². The molecule has 0 bridgehead atoms. The van der Waals surface area contributed by atoms with E-state index in [1.807, 2.05) is 0 Å². The van der Waals surface area contributed by atoms with Gasteiger partial charge in [0.1, 0.15) is 5.82 Å². The minimum atomic E-state index is 0.857. The summed E-state index contributed by atoms with van der Waals surface area (Å²) in [5.41, 5.74) is 1.98. The molecule has 0 fully saturated rings. The third kappa shape index (κ3) is 1.55. The molecule has 15 heavy (non-hydrogen) atoms. The predicted molar refractivity (Wildman–Crippen MR) is 61.8 cm³/mol. The topological polar surface area (TPSA) is 42.7 Å². The monoisotopic (exact) mass is 266 g/mol. The number of nitrogens with one attached hydrogen (secondary N) is 1. The van der Waals surface area contributed by atoms with Gasteiger partial charge in [0, 0.05) is 36.7 Å². The minimum absolute atomic E-state index is 0.857. The Morgan fingerprint density at radius 2 is 2.33 bits per heavy atom. The molecule has 0 unspecified atom stereocenters. The highest BCUT2D eigenvalue weighted by atomic mass is 79.9. The Kier molecular flexibility index (Phi) is 2.21. The fourth-order valence-corrected chi connectivity index (χ4v) is 2.30. The number of pyridine rings is 1. The number of halogens is 1. The molecule has 2 aromatic rings. The van der Waals surface area contributed by atoms with Crippen LogP contribution in [0.5, 0.6) is 0 Å². The van der Waals surface area contributed by atoms with Crippen LogP contribution in [0.15, 0.2) is 16.7 Å². The summed E-state index contributed by atoms with van der Waals surface area (Å²) in [7, 11) is 0. The van der Waals surface area contributed by atoms with Crippen LogP contribution in [-0.2, 0) is 13.0 Å². The van der Waals surface area contributed by atoms with Gasteiger partial charge in [0.25, 0.3) is 0 Å². The molecule has 1 N–H and O–H groups in total. The van der Waals surface area contributed by atoms with E-state index in [9.17, 15) is 0 Å². The van der Waals surface area contributed by atoms with Crippen molar-refractivity contribution in [2.24, 2.45) is 0 Å². The molecule has 0 spiro atoms. The van der Waals surface area contributed by atoms with E-state index < -0.39 is 0 Å². The lowest BCUT2D eigenvalue weighted by atomic mass is 10.4. The van der Waals surface area contributed by atoms with Crippen molar-refractivity contribution in [2.75, 3.05) is 13.1 Å². The molecular weight excluding hydrogens is 256 g/mol. The summed E-state index contributed by atoms with van der Waals surface area (Å²) in [6.45, 7) is 2.99. The molecule has 3 heterocycles. The van der Waals surface area contributed by atoms with E-state index in [1.165, 1.54) is 0 Å². The quantitative estimate of drug-likeness (QED) is 0.783. The number of hydrogen-bond donors (Lipinski definition) is 1.